The van der Waals surface area contributed by atoms with Crippen molar-refractivity contribution in [3.8, 4) is 0 Å². The van der Waals surface area contributed by atoms with Crippen molar-refractivity contribution in [2.24, 2.45) is 0 Å². The highest BCUT2D eigenvalue weighted by molar-refractivity contribution is 7.10. The fourth-order valence-corrected chi connectivity index (χ4v) is 4.79. The first-order valence-electron chi connectivity index (χ1n) is 9.45. The largest absolute Gasteiger partial charge is 0.361 e. The van der Waals surface area contributed by atoms with Gasteiger partial charge in [0.25, 0.3) is 5.91 Å². The van der Waals surface area contributed by atoms with Crippen molar-refractivity contribution in [2.75, 3.05) is 19.6 Å². The lowest BCUT2D eigenvalue weighted by molar-refractivity contribution is -0.675. The van der Waals surface area contributed by atoms with Crippen LogP contribution in [0.15, 0.2) is 48.0 Å². The van der Waals surface area contributed by atoms with E-state index < -0.39 is 0 Å². The first-order chi connectivity index (χ1) is 12.7. The van der Waals surface area contributed by atoms with Crippen LogP contribution in [0.5, 0.6) is 0 Å². The number of carbonyl (C=O) groups is 1. The number of rotatable bonds is 6. The first kappa shape index (κ1) is 17.3. The Morgan fingerprint density at radius 3 is 2.81 bits per heavy atom. The normalized spacial score (nSPS) is 16.9. The van der Waals surface area contributed by atoms with Crippen LogP contribution in [0.1, 0.15) is 36.1 Å². The van der Waals surface area contributed by atoms with Crippen LogP contribution < -0.4 is 5.32 Å². The Kier molecular flexibility index (Phi) is 5.09. The van der Waals surface area contributed by atoms with Gasteiger partial charge in [0.15, 0.2) is 6.04 Å². The number of H-pyrrole nitrogens is 1. The van der Waals surface area contributed by atoms with E-state index in [0.29, 0.717) is 5.92 Å². The Balaban J connectivity index is 1.54. The summed E-state index contributed by atoms with van der Waals surface area (Å²) in [5, 5.41) is 5.63. The number of nitrogens with zero attached hydrogens (tertiary/aromatic N) is 1. The standard InChI is InChI=1S/C21H25N3OS/c1-15(21(25)24-10-4-5-11-24)22-14-18(20-9-6-12-26-20)17-13-23-19-8-3-2-7-16(17)19/h2-3,6-9,12-13,15,18,22-23H,4-5,10-11,14H2,1H3/p+1/t15-,18+/m1/s1. The number of benzene rings is 1. The number of likely N-dealkylation sites (tertiary alicyclic amines) is 1. The van der Waals surface area contributed by atoms with Crippen LogP contribution in [0.4, 0.5) is 0 Å². The number of amides is 1. The lowest BCUT2D eigenvalue weighted by atomic mass is 9.96. The second kappa shape index (κ2) is 7.64. The van der Waals surface area contributed by atoms with Crippen molar-refractivity contribution in [1.29, 1.82) is 0 Å². The summed E-state index contributed by atoms with van der Waals surface area (Å²) in [5.41, 5.74) is 2.49. The third-order valence-corrected chi connectivity index (χ3v) is 6.40. The fourth-order valence-electron chi connectivity index (χ4n) is 3.93. The smallest absolute Gasteiger partial charge is 0.280 e. The predicted octanol–water partition coefficient (Wildman–Crippen LogP) is 2.94. The molecule has 1 aromatic carbocycles. The summed E-state index contributed by atoms with van der Waals surface area (Å²) >= 11 is 1.79. The van der Waals surface area contributed by atoms with Crippen molar-refractivity contribution < 1.29 is 10.1 Å². The van der Waals surface area contributed by atoms with Gasteiger partial charge >= 0.3 is 0 Å². The lowest BCUT2D eigenvalue weighted by Crippen LogP contribution is -2.92. The summed E-state index contributed by atoms with van der Waals surface area (Å²) in [7, 11) is 0. The van der Waals surface area contributed by atoms with Crippen LogP contribution >= 0.6 is 11.3 Å². The summed E-state index contributed by atoms with van der Waals surface area (Å²) in [4.78, 5) is 19.4. The van der Waals surface area contributed by atoms with Crippen molar-refractivity contribution in [2.45, 2.75) is 31.7 Å². The van der Waals surface area contributed by atoms with Gasteiger partial charge in [-0.2, -0.15) is 0 Å². The maximum Gasteiger partial charge on any atom is 0.280 e. The molecule has 136 valence electrons. The summed E-state index contributed by atoms with van der Waals surface area (Å²) in [5.74, 6) is 0.575. The van der Waals surface area contributed by atoms with Crippen LogP contribution in [0.25, 0.3) is 10.9 Å². The van der Waals surface area contributed by atoms with Gasteiger partial charge in [0.1, 0.15) is 0 Å². The molecular formula is C21H26N3OS+. The van der Waals surface area contributed by atoms with Gasteiger partial charge in [-0.05, 0) is 42.8 Å². The molecule has 1 fully saturated rings. The van der Waals surface area contributed by atoms with Crippen molar-refractivity contribution in [1.82, 2.24) is 9.88 Å². The number of aromatic nitrogens is 1. The quantitative estimate of drug-likeness (QED) is 0.691. The van der Waals surface area contributed by atoms with Crippen LogP contribution in [-0.2, 0) is 4.79 Å². The Bertz CT molecular complexity index is 864. The molecule has 0 aliphatic carbocycles. The molecule has 1 amide bonds. The summed E-state index contributed by atoms with van der Waals surface area (Å²) in [6, 6.07) is 12.7. The molecule has 1 saturated heterocycles. The summed E-state index contributed by atoms with van der Waals surface area (Å²) in [6.07, 6.45) is 4.42. The van der Waals surface area contributed by atoms with Gasteiger partial charge in [-0.1, -0.05) is 24.3 Å². The number of quaternary nitrogens is 1. The molecule has 2 aromatic heterocycles. The predicted molar refractivity (Wildman–Crippen MR) is 107 cm³/mol. The van der Waals surface area contributed by atoms with E-state index in [9.17, 15) is 4.79 Å². The molecule has 3 aromatic rings. The lowest BCUT2D eigenvalue weighted by Gasteiger charge is -2.21. The number of para-hydroxylation sites is 1. The van der Waals surface area contributed by atoms with E-state index in [1.54, 1.807) is 11.3 Å². The number of carbonyl (C=O) groups excluding carboxylic acids is 1. The molecule has 1 aliphatic rings. The van der Waals surface area contributed by atoms with Crippen LogP contribution in [0, 0.1) is 0 Å². The molecule has 3 N–H and O–H groups in total. The highest BCUT2D eigenvalue weighted by Gasteiger charge is 2.28. The molecule has 0 bridgehead atoms. The average Bonchev–Trinajstić information content (AvgIpc) is 3.42. The van der Waals surface area contributed by atoms with Gasteiger partial charge in [-0.25, -0.2) is 0 Å². The minimum absolute atomic E-state index is 0.0271. The second-order valence-corrected chi connectivity index (χ2v) is 8.13. The monoisotopic (exact) mass is 368 g/mol. The number of nitrogens with two attached hydrogens (primary N) is 1. The van der Waals surface area contributed by atoms with Crippen molar-refractivity contribution in [3.63, 3.8) is 0 Å². The van der Waals surface area contributed by atoms with Crippen LogP contribution in [0.3, 0.4) is 0 Å². The molecule has 2 atom stereocenters. The Hall–Kier alpha value is -2.11. The van der Waals surface area contributed by atoms with Crippen molar-refractivity contribution >= 4 is 28.1 Å². The average molecular weight is 369 g/mol. The maximum atomic E-state index is 12.6. The molecule has 0 saturated carbocycles. The zero-order chi connectivity index (χ0) is 17.9. The van der Waals surface area contributed by atoms with Gasteiger partial charge in [0, 0.05) is 35.1 Å². The minimum atomic E-state index is -0.0271. The molecule has 0 spiro atoms. The van der Waals surface area contributed by atoms with Gasteiger partial charge in [0.05, 0.1) is 12.5 Å². The molecular weight excluding hydrogens is 342 g/mol. The minimum Gasteiger partial charge on any atom is -0.361 e. The van der Waals surface area contributed by atoms with E-state index in [2.05, 4.69) is 58.3 Å². The van der Waals surface area contributed by atoms with E-state index in [1.807, 2.05) is 11.8 Å². The first-order valence-corrected chi connectivity index (χ1v) is 10.3. The third kappa shape index (κ3) is 3.41. The highest BCUT2D eigenvalue weighted by atomic mass is 32.1. The molecule has 3 heterocycles. The number of thiophene rings is 1. The fraction of sp³-hybridized carbons (Fsp3) is 0.381. The van der Waals surface area contributed by atoms with Crippen LogP contribution in [0.2, 0.25) is 0 Å². The summed E-state index contributed by atoms with van der Waals surface area (Å²) < 4.78 is 0. The number of hydrogen-bond acceptors (Lipinski definition) is 2. The molecule has 0 unspecified atom stereocenters. The Morgan fingerprint density at radius 2 is 2.04 bits per heavy atom. The molecule has 4 nitrogen and oxygen atoms in total. The van der Waals surface area contributed by atoms with Gasteiger partial charge in [-0.3, -0.25) is 4.79 Å². The zero-order valence-electron chi connectivity index (χ0n) is 15.2. The van der Waals surface area contributed by atoms with E-state index in [1.165, 1.54) is 21.3 Å². The number of aromatic amines is 1. The number of nitrogens with one attached hydrogen (secondary N) is 1. The van der Waals surface area contributed by atoms with E-state index in [-0.39, 0.29) is 11.9 Å². The maximum absolute atomic E-state index is 12.6. The molecule has 5 heteroatoms. The molecule has 0 radical (unpaired) electrons. The third-order valence-electron chi connectivity index (χ3n) is 5.42. The van der Waals surface area contributed by atoms with E-state index >= 15 is 0 Å². The topological polar surface area (TPSA) is 52.7 Å². The Labute approximate surface area is 158 Å². The SMILES string of the molecule is C[C@@H]([NH2+]C[C@H](c1cccs1)c1c[nH]c2ccccc12)C(=O)N1CCCC1. The van der Waals surface area contributed by atoms with E-state index in [0.717, 1.165) is 32.5 Å². The van der Waals surface area contributed by atoms with Gasteiger partial charge < -0.3 is 15.2 Å². The van der Waals surface area contributed by atoms with E-state index in [4.69, 9.17) is 0 Å². The van der Waals surface area contributed by atoms with Gasteiger partial charge in [0.2, 0.25) is 0 Å². The highest BCUT2D eigenvalue weighted by Crippen LogP contribution is 2.32. The molecule has 4 rings (SSSR count). The number of hydrogen-bond donors (Lipinski definition) is 2. The Morgan fingerprint density at radius 1 is 1.23 bits per heavy atom. The second-order valence-electron chi connectivity index (χ2n) is 7.15. The molecule has 1 aliphatic heterocycles. The zero-order valence-corrected chi connectivity index (χ0v) is 16.0. The van der Waals surface area contributed by atoms with Gasteiger partial charge in [-0.15, -0.1) is 11.3 Å². The molecule has 26 heavy (non-hydrogen) atoms. The number of fused-ring (bicyclic) bond motifs is 1. The van der Waals surface area contributed by atoms with Crippen LogP contribution in [-0.4, -0.2) is 41.5 Å². The summed E-state index contributed by atoms with van der Waals surface area (Å²) in [6.45, 7) is 4.77. The van der Waals surface area contributed by atoms with Crippen molar-refractivity contribution in [3.05, 3.63) is 58.4 Å².